The predicted molar refractivity (Wildman–Crippen MR) is 121 cm³/mol. The monoisotopic (exact) mass is 405 g/mol. The Morgan fingerprint density at radius 3 is 2.43 bits per heavy atom. The van der Waals surface area contributed by atoms with Crippen LogP contribution in [0.2, 0.25) is 0 Å². The molecule has 0 aliphatic heterocycles. The Morgan fingerprint density at radius 2 is 1.77 bits per heavy atom. The number of aryl methyl sites for hydroxylation is 1. The summed E-state index contributed by atoms with van der Waals surface area (Å²) in [5, 5.41) is 3.45. The molecule has 0 spiro atoms. The molecule has 3 aromatic rings. The van der Waals surface area contributed by atoms with Crippen molar-refractivity contribution < 1.29 is 13.9 Å². The SMILES string of the molecule is C=CCc1cc(CNc2ccc(CC)cc2)cc(OC)c1OCc1ccccc1F. The maximum Gasteiger partial charge on any atom is 0.165 e. The summed E-state index contributed by atoms with van der Waals surface area (Å²) in [5.74, 6) is 0.970. The third-order valence-corrected chi connectivity index (χ3v) is 4.96. The average molecular weight is 406 g/mol. The summed E-state index contributed by atoms with van der Waals surface area (Å²) >= 11 is 0. The second kappa shape index (κ2) is 10.5. The molecule has 0 aromatic heterocycles. The van der Waals surface area contributed by atoms with Crippen LogP contribution in [0.3, 0.4) is 0 Å². The first-order chi connectivity index (χ1) is 14.6. The first kappa shape index (κ1) is 21.4. The zero-order chi connectivity index (χ0) is 21.3. The van der Waals surface area contributed by atoms with Gasteiger partial charge in [-0.1, -0.05) is 43.3 Å². The molecule has 0 aliphatic rings. The molecule has 1 N–H and O–H groups in total. The summed E-state index contributed by atoms with van der Waals surface area (Å²) in [6.45, 7) is 6.78. The number of allylic oxidation sites excluding steroid dienone is 1. The number of nitrogens with one attached hydrogen (secondary N) is 1. The van der Waals surface area contributed by atoms with Crippen LogP contribution in [0.1, 0.15) is 29.2 Å². The highest BCUT2D eigenvalue weighted by molar-refractivity contribution is 5.52. The second-order valence-electron chi connectivity index (χ2n) is 7.06. The van der Waals surface area contributed by atoms with Crippen molar-refractivity contribution in [3.63, 3.8) is 0 Å². The Morgan fingerprint density at radius 1 is 1.00 bits per heavy atom. The first-order valence-electron chi connectivity index (χ1n) is 10.1. The van der Waals surface area contributed by atoms with Crippen molar-refractivity contribution in [2.75, 3.05) is 12.4 Å². The molecule has 30 heavy (non-hydrogen) atoms. The quantitative estimate of drug-likeness (QED) is 0.401. The molecular formula is C26H28FNO2. The van der Waals surface area contributed by atoms with Crippen LogP contribution in [-0.2, 0) is 26.0 Å². The van der Waals surface area contributed by atoms with Crippen LogP contribution in [-0.4, -0.2) is 7.11 Å². The van der Waals surface area contributed by atoms with Gasteiger partial charge >= 0.3 is 0 Å². The molecule has 0 radical (unpaired) electrons. The van der Waals surface area contributed by atoms with Gasteiger partial charge in [0.15, 0.2) is 11.5 Å². The maximum atomic E-state index is 14.0. The molecule has 0 unspecified atom stereocenters. The molecule has 4 heteroatoms. The number of hydrogen-bond acceptors (Lipinski definition) is 3. The highest BCUT2D eigenvalue weighted by Gasteiger charge is 2.14. The first-order valence-corrected chi connectivity index (χ1v) is 10.1. The lowest BCUT2D eigenvalue weighted by Gasteiger charge is -2.17. The fourth-order valence-corrected chi connectivity index (χ4v) is 3.28. The molecule has 3 aromatic carbocycles. The minimum atomic E-state index is -0.281. The number of ether oxygens (including phenoxy) is 2. The van der Waals surface area contributed by atoms with Gasteiger partial charge in [0.05, 0.1) is 7.11 Å². The number of rotatable bonds is 10. The summed E-state index contributed by atoms with van der Waals surface area (Å²) < 4.78 is 25.5. The number of methoxy groups -OCH3 is 1. The summed E-state index contributed by atoms with van der Waals surface area (Å²) in [5.41, 5.74) is 4.91. The lowest BCUT2D eigenvalue weighted by atomic mass is 10.0. The Labute approximate surface area is 178 Å². The number of anilines is 1. The van der Waals surface area contributed by atoms with E-state index in [1.54, 1.807) is 25.3 Å². The molecule has 0 atom stereocenters. The van der Waals surface area contributed by atoms with Crippen LogP contribution in [0, 0.1) is 5.82 Å². The average Bonchev–Trinajstić information content (AvgIpc) is 2.78. The van der Waals surface area contributed by atoms with Gasteiger partial charge < -0.3 is 14.8 Å². The fraction of sp³-hybridized carbons (Fsp3) is 0.231. The zero-order valence-corrected chi connectivity index (χ0v) is 17.6. The van der Waals surface area contributed by atoms with Crippen LogP contribution >= 0.6 is 0 Å². The minimum absolute atomic E-state index is 0.133. The van der Waals surface area contributed by atoms with E-state index in [4.69, 9.17) is 9.47 Å². The van der Waals surface area contributed by atoms with E-state index in [9.17, 15) is 4.39 Å². The molecule has 3 nitrogen and oxygen atoms in total. The van der Waals surface area contributed by atoms with Crippen molar-refractivity contribution in [1.29, 1.82) is 0 Å². The van der Waals surface area contributed by atoms with E-state index in [2.05, 4.69) is 49.2 Å². The normalized spacial score (nSPS) is 10.5. The van der Waals surface area contributed by atoms with Gasteiger partial charge in [0, 0.05) is 23.4 Å². The van der Waals surface area contributed by atoms with Crippen molar-refractivity contribution in [2.45, 2.75) is 32.9 Å². The smallest absolute Gasteiger partial charge is 0.165 e. The van der Waals surface area contributed by atoms with E-state index in [-0.39, 0.29) is 12.4 Å². The van der Waals surface area contributed by atoms with Crippen molar-refractivity contribution in [3.8, 4) is 11.5 Å². The van der Waals surface area contributed by atoms with Gasteiger partial charge in [0.1, 0.15) is 12.4 Å². The Bertz CT molecular complexity index is 983. The highest BCUT2D eigenvalue weighted by Crippen LogP contribution is 2.34. The molecule has 0 fully saturated rings. The van der Waals surface area contributed by atoms with Gasteiger partial charge in [-0.15, -0.1) is 6.58 Å². The second-order valence-corrected chi connectivity index (χ2v) is 7.06. The highest BCUT2D eigenvalue weighted by atomic mass is 19.1. The van der Waals surface area contributed by atoms with Crippen LogP contribution < -0.4 is 14.8 Å². The molecular weight excluding hydrogens is 377 g/mol. The van der Waals surface area contributed by atoms with Crippen LogP contribution in [0.5, 0.6) is 11.5 Å². The molecule has 0 saturated heterocycles. The van der Waals surface area contributed by atoms with Crippen LogP contribution in [0.15, 0.2) is 73.3 Å². The van der Waals surface area contributed by atoms with E-state index in [1.807, 2.05) is 12.1 Å². The third-order valence-electron chi connectivity index (χ3n) is 4.96. The van der Waals surface area contributed by atoms with Crippen molar-refractivity contribution in [3.05, 3.63) is 101 Å². The molecule has 0 saturated carbocycles. The van der Waals surface area contributed by atoms with Gasteiger partial charge in [-0.3, -0.25) is 0 Å². The lowest BCUT2D eigenvalue weighted by molar-refractivity contribution is 0.277. The topological polar surface area (TPSA) is 30.5 Å². The van der Waals surface area contributed by atoms with Gasteiger partial charge in [-0.2, -0.15) is 0 Å². The third kappa shape index (κ3) is 5.41. The number of hydrogen-bond donors (Lipinski definition) is 1. The van der Waals surface area contributed by atoms with Crippen molar-refractivity contribution in [1.82, 2.24) is 0 Å². The Balaban J connectivity index is 1.79. The molecule has 156 valence electrons. The van der Waals surface area contributed by atoms with Gasteiger partial charge in [-0.05, 0) is 54.3 Å². The number of benzene rings is 3. The number of halogens is 1. The van der Waals surface area contributed by atoms with E-state index in [1.165, 1.54) is 11.6 Å². The molecule has 0 amide bonds. The fourth-order valence-electron chi connectivity index (χ4n) is 3.28. The van der Waals surface area contributed by atoms with E-state index >= 15 is 0 Å². The lowest BCUT2D eigenvalue weighted by Crippen LogP contribution is -2.05. The molecule has 3 rings (SSSR count). The predicted octanol–water partition coefficient (Wildman–Crippen LogP) is 6.32. The molecule has 0 heterocycles. The summed E-state index contributed by atoms with van der Waals surface area (Å²) in [6.07, 6.45) is 3.48. The van der Waals surface area contributed by atoms with Crippen molar-refractivity contribution >= 4 is 5.69 Å². The Hall–Kier alpha value is -3.27. The van der Waals surface area contributed by atoms with Gasteiger partial charge in [0.25, 0.3) is 0 Å². The Kier molecular flexibility index (Phi) is 7.50. The summed E-state index contributed by atoms with van der Waals surface area (Å²) in [7, 11) is 1.61. The standard InChI is InChI=1S/C26H28FNO2/c1-4-8-21-15-20(17-28-23-13-11-19(5-2)12-14-23)16-25(29-3)26(21)30-18-22-9-6-7-10-24(22)27/h4,6-7,9-16,28H,1,5,8,17-18H2,2-3H3. The van der Waals surface area contributed by atoms with E-state index in [0.29, 0.717) is 30.0 Å². The minimum Gasteiger partial charge on any atom is -0.493 e. The summed E-state index contributed by atoms with van der Waals surface area (Å²) in [4.78, 5) is 0. The summed E-state index contributed by atoms with van der Waals surface area (Å²) in [6, 6.07) is 19.1. The molecule has 0 bridgehead atoms. The largest absolute Gasteiger partial charge is 0.493 e. The van der Waals surface area contributed by atoms with Gasteiger partial charge in [-0.25, -0.2) is 4.39 Å². The van der Waals surface area contributed by atoms with Crippen LogP contribution in [0.25, 0.3) is 0 Å². The molecule has 0 aliphatic carbocycles. The maximum absolute atomic E-state index is 14.0. The van der Waals surface area contributed by atoms with Crippen LogP contribution in [0.4, 0.5) is 10.1 Å². The van der Waals surface area contributed by atoms with E-state index < -0.39 is 0 Å². The van der Waals surface area contributed by atoms with Gasteiger partial charge in [0.2, 0.25) is 0 Å². The zero-order valence-electron chi connectivity index (χ0n) is 17.6. The van der Waals surface area contributed by atoms with E-state index in [0.717, 1.165) is 23.2 Å². The van der Waals surface area contributed by atoms with Crippen molar-refractivity contribution in [2.24, 2.45) is 0 Å².